The van der Waals surface area contributed by atoms with Gasteiger partial charge in [-0.3, -0.25) is 0 Å². The Bertz CT molecular complexity index is 341. The molecule has 3 nitrogen and oxygen atoms in total. The molecule has 16 heavy (non-hydrogen) atoms. The number of epoxide rings is 1. The quantitative estimate of drug-likeness (QED) is 0.544. The molecule has 0 N–H and O–H groups in total. The molecule has 86 valence electrons. The van der Waals surface area contributed by atoms with Crippen molar-refractivity contribution in [3.05, 3.63) is 42.5 Å². The van der Waals surface area contributed by atoms with Gasteiger partial charge in [0.25, 0.3) is 0 Å². The lowest BCUT2D eigenvalue weighted by Gasteiger charge is -2.11. The summed E-state index contributed by atoms with van der Waals surface area (Å²) in [4.78, 5) is 0. The van der Waals surface area contributed by atoms with Crippen molar-refractivity contribution in [3.8, 4) is 5.75 Å². The van der Waals surface area contributed by atoms with Gasteiger partial charge in [-0.05, 0) is 17.7 Å². The van der Waals surface area contributed by atoms with E-state index in [1.54, 1.807) is 13.2 Å². The van der Waals surface area contributed by atoms with Crippen molar-refractivity contribution in [1.29, 1.82) is 0 Å². The number of rotatable bonds is 6. The van der Waals surface area contributed by atoms with Crippen LogP contribution in [0, 0.1) is 0 Å². The lowest BCUT2D eigenvalue weighted by molar-refractivity contribution is 0.0528. The second-order valence-corrected chi connectivity index (χ2v) is 3.73. The Labute approximate surface area is 95.6 Å². The minimum absolute atomic E-state index is 0.00195. The zero-order valence-electron chi connectivity index (χ0n) is 9.39. The predicted molar refractivity (Wildman–Crippen MR) is 61.5 cm³/mol. The van der Waals surface area contributed by atoms with Gasteiger partial charge in [-0.25, -0.2) is 0 Å². The molecule has 1 heterocycles. The average molecular weight is 220 g/mol. The number of hydrogen-bond acceptors (Lipinski definition) is 3. The molecule has 0 saturated carbocycles. The van der Waals surface area contributed by atoms with Gasteiger partial charge in [-0.15, -0.1) is 6.58 Å². The summed E-state index contributed by atoms with van der Waals surface area (Å²) in [6, 6.07) is 7.84. The van der Waals surface area contributed by atoms with E-state index in [1.165, 1.54) is 0 Å². The fourth-order valence-electron chi connectivity index (χ4n) is 1.49. The third kappa shape index (κ3) is 2.84. The SMILES string of the molecule is C=C[C@H](OCc1ccc(OC)cc1)[C@H]1CO1. The molecule has 0 spiro atoms. The molecule has 0 aliphatic carbocycles. The van der Waals surface area contributed by atoms with Crippen LogP contribution in [-0.2, 0) is 16.1 Å². The van der Waals surface area contributed by atoms with Gasteiger partial charge in [0.1, 0.15) is 18.0 Å². The molecule has 0 radical (unpaired) electrons. The highest BCUT2D eigenvalue weighted by Gasteiger charge is 2.31. The second kappa shape index (κ2) is 5.14. The molecule has 0 unspecified atom stereocenters. The average Bonchev–Trinajstić information content (AvgIpc) is 3.15. The Morgan fingerprint density at radius 3 is 2.69 bits per heavy atom. The highest BCUT2D eigenvalue weighted by Crippen LogP contribution is 2.19. The Hall–Kier alpha value is -1.32. The number of hydrogen-bond donors (Lipinski definition) is 0. The third-order valence-corrected chi connectivity index (χ3v) is 2.56. The van der Waals surface area contributed by atoms with Gasteiger partial charge >= 0.3 is 0 Å². The molecule has 2 rings (SSSR count). The van der Waals surface area contributed by atoms with Gasteiger partial charge in [0, 0.05) is 0 Å². The molecule has 1 aromatic carbocycles. The maximum Gasteiger partial charge on any atom is 0.118 e. The molecule has 1 aliphatic rings. The summed E-state index contributed by atoms with van der Waals surface area (Å²) in [5.41, 5.74) is 1.12. The summed E-state index contributed by atoms with van der Waals surface area (Å²) in [5, 5.41) is 0. The van der Waals surface area contributed by atoms with E-state index in [4.69, 9.17) is 14.2 Å². The molecule has 0 aromatic heterocycles. The molecule has 1 saturated heterocycles. The first-order valence-electron chi connectivity index (χ1n) is 5.32. The fourth-order valence-corrected chi connectivity index (χ4v) is 1.49. The van der Waals surface area contributed by atoms with Crippen LogP contribution in [0.25, 0.3) is 0 Å². The van der Waals surface area contributed by atoms with Crippen molar-refractivity contribution in [2.45, 2.75) is 18.8 Å². The van der Waals surface area contributed by atoms with Crippen LogP contribution in [0.4, 0.5) is 0 Å². The molecule has 1 aliphatic heterocycles. The van der Waals surface area contributed by atoms with E-state index in [-0.39, 0.29) is 12.2 Å². The third-order valence-electron chi connectivity index (χ3n) is 2.56. The van der Waals surface area contributed by atoms with E-state index < -0.39 is 0 Å². The van der Waals surface area contributed by atoms with Crippen LogP contribution >= 0.6 is 0 Å². The van der Waals surface area contributed by atoms with Crippen LogP contribution < -0.4 is 4.74 Å². The molecule has 1 aromatic rings. The first-order valence-corrected chi connectivity index (χ1v) is 5.32. The summed E-state index contributed by atoms with van der Waals surface area (Å²) < 4.78 is 15.9. The monoisotopic (exact) mass is 220 g/mol. The molecule has 0 bridgehead atoms. The van der Waals surface area contributed by atoms with E-state index in [0.717, 1.165) is 17.9 Å². The smallest absolute Gasteiger partial charge is 0.118 e. The van der Waals surface area contributed by atoms with E-state index in [9.17, 15) is 0 Å². The van der Waals surface area contributed by atoms with E-state index in [0.29, 0.717) is 6.61 Å². The molecule has 1 fully saturated rings. The van der Waals surface area contributed by atoms with Crippen LogP contribution in [0.2, 0.25) is 0 Å². The standard InChI is InChI=1S/C13H16O3/c1-3-12(13-9-16-13)15-8-10-4-6-11(14-2)7-5-10/h3-7,12-13H,1,8-9H2,2H3/t12-,13+/m0/s1. The lowest BCUT2D eigenvalue weighted by Crippen LogP contribution is -2.16. The first-order chi connectivity index (χ1) is 7.83. The van der Waals surface area contributed by atoms with Crippen LogP contribution in [0.3, 0.4) is 0 Å². The molecule has 0 amide bonds. The van der Waals surface area contributed by atoms with Gasteiger partial charge < -0.3 is 14.2 Å². The summed E-state index contributed by atoms with van der Waals surface area (Å²) in [5.74, 6) is 0.856. The van der Waals surface area contributed by atoms with Crippen LogP contribution in [0.5, 0.6) is 5.75 Å². The zero-order chi connectivity index (χ0) is 11.4. The highest BCUT2D eigenvalue weighted by molar-refractivity contribution is 5.26. The minimum atomic E-state index is 0.00195. The van der Waals surface area contributed by atoms with Gasteiger partial charge in [-0.1, -0.05) is 18.2 Å². The van der Waals surface area contributed by atoms with Crippen molar-refractivity contribution in [2.24, 2.45) is 0 Å². The van der Waals surface area contributed by atoms with Gasteiger partial charge in [-0.2, -0.15) is 0 Å². The normalized spacial score (nSPS) is 20.2. The first kappa shape index (κ1) is 11.2. The fraction of sp³-hybridized carbons (Fsp3) is 0.385. The highest BCUT2D eigenvalue weighted by atomic mass is 16.6. The molecular formula is C13H16O3. The van der Waals surface area contributed by atoms with Gasteiger partial charge in [0.2, 0.25) is 0 Å². The zero-order valence-corrected chi connectivity index (χ0v) is 9.39. The van der Waals surface area contributed by atoms with Crippen molar-refractivity contribution in [3.63, 3.8) is 0 Å². The van der Waals surface area contributed by atoms with Gasteiger partial charge in [0.15, 0.2) is 0 Å². The van der Waals surface area contributed by atoms with E-state index in [2.05, 4.69) is 6.58 Å². The Balaban J connectivity index is 1.85. The van der Waals surface area contributed by atoms with Crippen molar-refractivity contribution < 1.29 is 14.2 Å². The summed E-state index contributed by atoms with van der Waals surface area (Å²) >= 11 is 0. The largest absolute Gasteiger partial charge is 0.497 e. The maximum atomic E-state index is 5.69. The predicted octanol–water partition coefficient (Wildman–Crippen LogP) is 2.17. The number of methoxy groups -OCH3 is 1. The second-order valence-electron chi connectivity index (χ2n) is 3.73. The topological polar surface area (TPSA) is 31.0 Å². The van der Waals surface area contributed by atoms with Crippen LogP contribution in [0.1, 0.15) is 5.56 Å². The van der Waals surface area contributed by atoms with Crippen LogP contribution in [-0.4, -0.2) is 25.9 Å². The lowest BCUT2D eigenvalue weighted by atomic mass is 10.2. The summed E-state index contributed by atoms with van der Waals surface area (Å²) in [6.07, 6.45) is 2.00. The van der Waals surface area contributed by atoms with Crippen LogP contribution in [0.15, 0.2) is 36.9 Å². The molecular weight excluding hydrogens is 204 g/mol. The number of ether oxygens (including phenoxy) is 3. The van der Waals surface area contributed by atoms with E-state index in [1.807, 2.05) is 24.3 Å². The Kier molecular flexibility index (Phi) is 3.59. The summed E-state index contributed by atoms with van der Waals surface area (Å²) in [6.45, 7) is 5.08. The summed E-state index contributed by atoms with van der Waals surface area (Å²) in [7, 11) is 1.66. The Morgan fingerprint density at radius 1 is 1.50 bits per heavy atom. The maximum absolute atomic E-state index is 5.69. The van der Waals surface area contributed by atoms with E-state index >= 15 is 0 Å². The van der Waals surface area contributed by atoms with Crippen molar-refractivity contribution in [2.75, 3.05) is 13.7 Å². The van der Waals surface area contributed by atoms with Gasteiger partial charge in [0.05, 0.1) is 20.3 Å². The minimum Gasteiger partial charge on any atom is -0.497 e. The van der Waals surface area contributed by atoms with Crippen molar-refractivity contribution >= 4 is 0 Å². The Morgan fingerprint density at radius 2 is 2.19 bits per heavy atom. The number of benzene rings is 1. The molecule has 2 atom stereocenters. The molecule has 3 heteroatoms. The van der Waals surface area contributed by atoms with Crippen molar-refractivity contribution in [1.82, 2.24) is 0 Å².